The number of β-amino-alcohol motifs (C(OH)–C–C–N with tert-alkyl or cyclic N) is 1. The van der Waals surface area contributed by atoms with E-state index in [1.165, 1.54) is 6.07 Å². The Morgan fingerprint density at radius 2 is 1.85 bits per heavy atom. The fourth-order valence-corrected chi connectivity index (χ4v) is 5.89. The smallest absolute Gasteiger partial charge is 0.395 e. The number of rotatable bonds is 7. The molecule has 2 aromatic carbocycles. The Kier molecular flexibility index (Phi) is 7.59. The molecule has 2 aliphatic rings. The largest absolute Gasteiger partial charge is 0.416 e. The molecule has 0 unspecified atom stereocenters. The van der Waals surface area contributed by atoms with Gasteiger partial charge in [-0.3, -0.25) is 4.79 Å². The van der Waals surface area contributed by atoms with Gasteiger partial charge in [0, 0.05) is 41.9 Å². The van der Waals surface area contributed by atoms with Crippen LogP contribution in [0.2, 0.25) is 0 Å². The first-order chi connectivity index (χ1) is 18.7. The van der Waals surface area contributed by atoms with Crippen molar-refractivity contribution in [2.24, 2.45) is 5.73 Å². The van der Waals surface area contributed by atoms with E-state index >= 15 is 4.39 Å². The van der Waals surface area contributed by atoms with E-state index in [0.29, 0.717) is 73.5 Å². The molecule has 1 fully saturated rings. The topological polar surface area (TPSA) is 82.7 Å². The number of fused-ring (bicyclic) bond motifs is 1. The zero-order valence-corrected chi connectivity index (χ0v) is 21.3. The van der Waals surface area contributed by atoms with Gasteiger partial charge in [0.2, 0.25) is 5.91 Å². The number of carbonyl (C=O) groups is 1. The van der Waals surface area contributed by atoms with Gasteiger partial charge in [-0.25, -0.2) is 9.37 Å². The highest BCUT2D eigenvalue weighted by atomic mass is 19.4. The van der Waals surface area contributed by atoms with Gasteiger partial charge in [0.15, 0.2) is 0 Å². The van der Waals surface area contributed by atoms with E-state index in [1.54, 1.807) is 18.2 Å². The second kappa shape index (κ2) is 10.9. The van der Waals surface area contributed by atoms with E-state index in [1.807, 2.05) is 11.0 Å². The lowest BCUT2D eigenvalue weighted by Gasteiger charge is -2.35. The molecule has 206 valence electrons. The standard InChI is InChI=1S/C29H30F4N4O2/c30-24-17-35-28(37-12-9-21-22(27(34)39)5-2-6-25(21)37)26(19-7-10-36(11-8-19)13-14-38)23(24)16-18-3-1-4-20(15-18)29(31,32)33/h1-6,15,17,19,38H,7-14,16H2,(H2,34,39). The second-order valence-electron chi connectivity index (χ2n) is 10.1. The van der Waals surface area contributed by atoms with Crippen molar-refractivity contribution in [1.29, 1.82) is 0 Å². The number of aliphatic hydroxyl groups is 1. The van der Waals surface area contributed by atoms with Crippen molar-refractivity contribution in [3.8, 4) is 0 Å². The molecule has 2 aliphatic heterocycles. The zero-order valence-electron chi connectivity index (χ0n) is 21.3. The van der Waals surface area contributed by atoms with Crippen LogP contribution in [0.4, 0.5) is 29.1 Å². The van der Waals surface area contributed by atoms with E-state index in [9.17, 15) is 23.1 Å². The fourth-order valence-electron chi connectivity index (χ4n) is 5.89. The number of amides is 1. The highest BCUT2D eigenvalue weighted by Gasteiger charge is 2.34. The predicted molar refractivity (Wildman–Crippen MR) is 140 cm³/mol. The van der Waals surface area contributed by atoms with Crippen molar-refractivity contribution >= 4 is 17.4 Å². The third-order valence-corrected chi connectivity index (χ3v) is 7.75. The normalized spacial score (nSPS) is 16.5. The van der Waals surface area contributed by atoms with Crippen LogP contribution in [0, 0.1) is 5.82 Å². The molecule has 0 radical (unpaired) electrons. The molecule has 1 aromatic heterocycles. The number of hydrogen-bond donors (Lipinski definition) is 2. The van der Waals surface area contributed by atoms with E-state index < -0.39 is 23.5 Å². The maximum atomic E-state index is 15.5. The van der Waals surface area contributed by atoms with Gasteiger partial charge in [-0.2, -0.15) is 13.2 Å². The zero-order chi connectivity index (χ0) is 27.7. The fraction of sp³-hybridized carbons (Fsp3) is 0.379. The first kappa shape index (κ1) is 27.1. The van der Waals surface area contributed by atoms with Gasteiger partial charge in [-0.15, -0.1) is 0 Å². The summed E-state index contributed by atoms with van der Waals surface area (Å²) in [6.07, 6.45) is -1.44. The molecule has 0 bridgehead atoms. The molecule has 39 heavy (non-hydrogen) atoms. The summed E-state index contributed by atoms with van der Waals surface area (Å²) in [6.45, 7) is 2.51. The minimum absolute atomic E-state index is 0.0144. The van der Waals surface area contributed by atoms with E-state index in [-0.39, 0.29) is 18.9 Å². The van der Waals surface area contributed by atoms with Gasteiger partial charge in [0.1, 0.15) is 11.6 Å². The van der Waals surface area contributed by atoms with Crippen LogP contribution in [0.1, 0.15) is 56.9 Å². The number of likely N-dealkylation sites (tertiary alicyclic amines) is 1. The Labute approximate surface area is 224 Å². The maximum absolute atomic E-state index is 15.5. The number of pyridine rings is 1. The molecule has 1 saturated heterocycles. The number of halogens is 4. The molecule has 1 amide bonds. The number of primary amides is 1. The van der Waals surface area contributed by atoms with Gasteiger partial charge >= 0.3 is 6.18 Å². The number of aliphatic hydroxyl groups excluding tert-OH is 1. The molecule has 5 rings (SSSR count). The molecule has 0 atom stereocenters. The molecule has 10 heteroatoms. The summed E-state index contributed by atoms with van der Waals surface area (Å²) in [4.78, 5) is 20.7. The van der Waals surface area contributed by atoms with Crippen molar-refractivity contribution < 1.29 is 27.5 Å². The maximum Gasteiger partial charge on any atom is 0.416 e. The number of benzene rings is 2. The molecule has 3 aromatic rings. The average Bonchev–Trinajstić information content (AvgIpc) is 3.34. The quantitative estimate of drug-likeness (QED) is 0.420. The molecule has 6 nitrogen and oxygen atoms in total. The Hall–Kier alpha value is -3.50. The molecule has 0 aliphatic carbocycles. The number of piperidine rings is 1. The Morgan fingerprint density at radius 1 is 1.10 bits per heavy atom. The van der Waals surface area contributed by atoms with E-state index in [2.05, 4.69) is 9.88 Å². The van der Waals surface area contributed by atoms with Crippen molar-refractivity contribution in [2.75, 3.05) is 37.7 Å². The second-order valence-corrected chi connectivity index (χ2v) is 10.1. The summed E-state index contributed by atoms with van der Waals surface area (Å²) in [6, 6.07) is 10.3. The number of hydrogen-bond acceptors (Lipinski definition) is 5. The van der Waals surface area contributed by atoms with Gasteiger partial charge in [0.05, 0.1) is 18.4 Å². The van der Waals surface area contributed by atoms with Crippen LogP contribution >= 0.6 is 0 Å². The highest BCUT2D eigenvalue weighted by Crippen LogP contribution is 2.43. The molecule has 0 saturated carbocycles. The minimum atomic E-state index is -4.50. The Morgan fingerprint density at radius 3 is 2.54 bits per heavy atom. The van der Waals surface area contributed by atoms with Gasteiger partial charge in [0.25, 0.3) is 0 Å². The van der Waals surface area contributed by atoms with Gasteiger partial charge in [-0.1, -0.05) is 24.3 Å². The van der Waals surface area contributed by atoms with Crippen molar-refractivity contribution in [3.05, 3.63) is 87.9 Å². The number of nitrogens with zero attached hydrogens (tertiary/aromatic N) is 3. The van der Waals surface area contributed by atoms with Crippen LogP contribution in [0.3, 0.4) is 0 Å². The number of anilines is 2. The van der Waals surface area contributed by atoms with Crippen LogP contribution in [-0.4, -0.2) is 53.7 Å². The lowest BCUT2D eigenvalue weighted by molar-refractivity contribution is -0.137. The minimum Gasteiger partial charge on any atom is -0.395 e. The van der Waals surface area contributed by atoms with Gasteiger partial charge in [-0.05, 0) is 67.6 Å². The number of aromatic nitrogens is 1. The van der Waals surface area contributed by atoms with Crippen molar-refractivity contribution in [2.45, 2.75) is 37.8 Å². The Balaban J connectivity index is 1.60. The lowest BCUT2D eigenvalue weighted by atomic mass is 9.84. The SMILES string of the molecule is NC(=O)c1cccc2c1CCN2c1ncc(F)c(Cc2cccc(C(F)(F)F)c2)c1C1CCN(CCO)CC1. The third kappa shape index (κ3) is 5.49. The predicted octanol–water partition coefficient (Wildman–Crippen LogP) is 4.80. The van der Waals surface area contributed by atoms with Crippen molar-refractivity contribution in [3.63, 3.8) is 0 Å². The van der Waals surface area contributed by atoms with E-state index in [4.69, 9.17) is 5.73 Å². The van der Waals surface area contributed by atoms with Crippen LogP contribution < -0.4 is 10.6 Å². The van der Waals surface area contributed by atoms with Crippen LogP contribution in [0.15, 0.2) is 48.7 Å². The highest BCUT2D eigenvalue weighted by molar-refractivity contribution is 5.97. The summed E-state index contributed by atoms with van der Waals surface area (Å²) in [5.74, 6) is -0.613. The number of carbonyl (C=O) groups excluding carboxylic acids is 1. The summed E-state index contributed by atoms with van der Waals surface area (Å²) in [5, 5.41) is 9.35. The summed E-state index contributed by atoms with van der Waals surface area (Å²) in [7, 11) is 0. The van der Waals surface area contributed by atoms with Crippen molar-refractivity contribution in [1.82, 2.24) is 9.88 Å². The molecule has 0 spiro atoms. The summed E-state index contributed by atoms with van der Waals surface area (Å²) < 4.78 is 55.8. The first-order valence-corrected chi connectivity index (χ1v) is 13.0. The van der Waals surface area contributed by atoms with Crippen LogP contribution in [-0.2, 0) is 19.0 Å². The molecule has 3 N–H and O–H groups in total. The average molecular weight is 543 g/mol. The van der Waals surface area contributed by atoms with Crippen LogP contribution in [0.25, 0.3) is 0 Å². The first-order valence-electron chi connectivity index (χ1n) is 13.0. The van der Waals surface area contributed by atoms with Crippen LogP contribution in [0.5, 0.6) is 0 Å². The molecular weight excluding hydrogens is 512 g/mol. The summed E-state index contributed by atoms with van der Waals surface area (Å²) >= 11 is 0. The number of nitrogens with two attached hydrogens (primary N) is 1. The number of alkyl halides is 3. The monoisotopic (exact) mass is 542 g/mol. The molecular formula is C29H30F4N4O2. The summed E-state index contributed by atoms with van der Waals surface area (Å²) in [5.41, 5.74) is 8.21. The third-order valence-electron chi connectivity index (χ3n) is 7.75. The Bertz CT molecular complexity index is 1370. The lowest BCUT2D eigenvalue weighted by Crippen LogP contribution is -2.35. The van der Waals surface area contributed by atoms with E-state index in [0.717, 1.165) is 29.6 Å². The molecule has 3 heterocycles. The van der Waals surface area contributed by atoms with Gasteiger partial charge < -0.3 is 20.6 Å².